The molecule has 0 aromatic heterocycles. The van der Waals surface area contributed by atoms with Crippen LogP contribution in [0.25, 0.3) is 0 Å². The molecule has 0 bridgehead atoms. The van der Waals surface area contributed by atoms with Crippen LogP contribution in [0.1, 0.15) is 91.9 Å². The molecule has 0 aliphatic carbocycles. The van der Waals surface area contributed by atoms with Crippen LogP contribution in [0.15, 0.2) is 0 Å². The summed E-state index contributed by atoms with van der Waals surface area (Å²) in [5.74, 6) is 0. The van der Waals surface area contributed by atoms with Crippen LogP contribution in [0.5, 0.6) is 0 Å². The molecule has 0 saturated heterocycles. The van der Waals surface area contributed by atoms with E-state index in [0.717, 1.165) is 0 Å². The van der Waals surface area contributed by atoms with Crippen molar-refractivity contribution in [1.82, 2.24) is 5.32 Å². The predicted octanol–water partition coefficient (Wildman–Crippen LogP) is 5.30. The number of nitrogens with one attached hydrogen (secondary N) is 1. The lowest BCUT2D eigenvalue weighted by Crippen LogP contribution is -2.41. The van der Waals surface area contributed by atoms with Crippen LogP contribution in [0.3, 0.4) is 0 Å². The second-order valence-electron chi connectivity index (χ2n) is 5.67. The van der Waals surface area contributed by atoms with Crippen LogP contribution in [0.2, 0.25) is 0 Å². The van der Waals surface area contributed by atoms with E-state index in [1.54, 1.807) is 0 Å². The molecule has 0 unspecified atom stereocenters. The van der Waals surface area contributed by atoms with E-state index in [1.165, 1.54) is 70.8 Å². The van der Waals surface area contributed by atoms with Gasteiger partial charge in [-0.1, -0.05) is 65.7 Å². The summed E-state index contributed by atoms with van der Waals surface area (Å²) in [4.78, 5) is 0. The number of rotatable bonds is 12. The van der Waals surface area contributed by atoms with Crippen molar-refractivity contribution in [2.75, 3.05) is 6.54 Å². The van der Waals surface area contributed by atoms with Gasteiger partial charge in [0.1, 0.15) is 0 Å². The first kappa shape index (κ1) is 17.0. The Morgan fingerprint density at radius 3 is 1.65 bits per heavy atom. The molecule has 0 aliphatic rings. The minimum atomic E-state index is 0.376. The maximum Gasteiger partial charge on any atom is 0.0148 e. The summed E-state index contributed by atoms with van der Waals surface area (Å²) in [6.07, 6.45) is 13.8. The third kappa shape index (κ3) is 9.64. The summed E-state index contributed by atoms with van der Waals surface area (Å²) in [6.45, 7) is 10.4. The van der Waals surface area contributed by atoms with Gasteiger partial charge in [0.15, 0.2) is 0 Å². The largest absolute Gasteiger partial charge is 0.312 e. The van der Waals surface area contributed by atoms with E-state index in [4.69, 9.17) is 0 Å². The Kier molecular flexibility index (Phi) is 11.0. The molecule has 0 radical (unpaired) electrons. The Morgan fingerprint density at radius 1 is 0.706 bits per heavy atom. The van der Waals surface area contributed by atoms with Crippen LogP contribution in [-0.2, 0) is 0 Å². The van der Waals surface area contributed by atoms with Crippen LogP contribution in [0, 0.1) is 0 Å². The van der Waals surface area contributed by atoms with Gasteiger partial charge in [-0.2, -0.15) is 0 Å². The first-order valence-electron chi connectivity index (χ1n) is 7.93. The highest BCUT2D eigenvalue weighted by molar-refractivity contribution is 4.79. The molecule has 0 fully saturated rings. The maximum absolute atomic E-state index is 3.71. The number of unbranched alkanes of at least 4 members (excludes halogenated alkanes) is 7. The van der Waals surface area contributed by atoms with Gasteiger partial charge < -0.3 is 5.32 Å². The lowest BCUT2D eigenvalue weighted by Gasteiger charge is -2.28. The van der Waals surface area contributed by atoms with Gasteiger partial charge in [0, 0.05) is 5.54 Å². The molecule has 1 heteroatoms. The molecule has 17 heavy (non-hydrogen) atoms. The van der Waals surface area contributed by atoms with Gasteiger partial charge in [-0.05, 0) is 32.7 Å². The van der Waals surface area contributed by atoms with Crippen molar-refractivity contribution >= 4 is 0 Å². The summed E-state index contributed by atoms with van der Waals surface area (Å²) in [5, 5.41) is 3.71. The van der Waals surface area contributed by atoms with Crippen molar-refractivity contribution in [3.63, 3.8) is 0 Å². The number of hydrogen-bond acceptors (Lipinski definition) is 1. The lowest BCUT2D eigenvalue weighted by atomic mass is 9.95. The molecular weight excluding hydrogens is 206 g/mol. The highest BCUT2D eigenvalue weighted by Gasteiger charge is 2.17. The zero-order valence-electron chi connectivity index (χ0n) is 12.8. The monoisotopic (exact) mass is 241 g/mol. The van der Waals surface area contributed by atoms with Crippen LogP contribution in [0.4, 0.5) is 0 Å². The Morgan fingerprint density at radius 2 is 1.18 bits per heavy atom. The van der Waals surface area contributed by atoms with E-state index >= 15 is 0 Å². The highest BCUT2D eigenvalue weighted by atomic mass is 15.0. The number of hydrogen-bond donors (Lipinski definition) is 1. The van der Waals surface area contributed by atoms with E-state index in [-0.39, 0.29) is 0 Å². The van der Waals surface area contributed by atoms with E-state index in [0.29, 0.717) is 5.54 Å². The standard InChI is InChI=1S/C16H35N/c1-5-8-9-10-11-12-13-14-15-17-16(4,6-2)7-3/h17H,5-15H2,1-4H3. The summed E-state index contributed by atoms with van der Waals surface area (Å²) in [7, 11) is 0. The van der Waals surface area contributed by atoms with Crippen LogP contribution >= 0.6 is 0 Å². The molecular formula is C16H35N. The molecule has 0 saturated carbocycles. The summed E-state index contributed by atoms with van der Waals surface area (Å²) < 4.78 is 0. The van der Waals surface area contributed by atoms with Gasteiger partial charge in [-0.15, -0.1) is 0 Å². The molecule has 0 spiro atoms. The Balaban J connectivity index is 3.23. The Bertz CT molecular complexity index is 150. The smallest absolute Gasteiger partial charge is 0.0148 e. The quantitative estimate of drug-likeness (QED) is 0.457. The molecule has 0 aromatic rings. The molecule has 1 N–H and O–H groups in total. The fourth-order valence-corrected chi connectivity index (χ4v) is 2.15. The maximum atomic E-state index is 3.71. The second-order valence-corrected chi connectivity index (χ2v) is 5.67. The highest BCUT2D eigenvalue weighted by Crippen LogP contribution is 2.14. The Labute approximate surface area is 110 Å². The molecule has 0 amide bonds. The van der Waals surface area contributed by atoms with Gasteiger partial charge in [-0.3, -0.25) is 0 Å². The average molecular weight is 241 g/mol. The van der Waals surface area contributed by atoms with Crippen molar-refractivity contribution in [1.29, 1.82) is 0 Å². The molecule has 104 valence electrons. The first-order chi connectivity index (χ1) is 8.18. The molecule has 0 aromatic carbocycles. The minimum Gasteiger partial charge on any atom is -0.312 e. The summed E-state index contributed by atoms with van der Waals surface area (Å²) in [5.41, 5.74) is 0.376. The minimum absolute atomic E-state index is 0.376. The third-order valence-electron chi connectivity index (χ3n) is 4.14. The molecule has 0 atom stereocenters. The summed E-state index contributed by atoms with van der Waals surface area (Å²) in [6, 6.07) is 0. The Hall–Kier alpha value is -0.0400. The van der Waals surface area contributed by atoms with E-state index < -0.39 is 0 Å². The van der Waals surface area contributed by atoms with Crippen molar-refractivity contribution in [2.24, 2.45) is 0 Å². The molecule has 0 rings (SSSR count). The molecule has 0 heterocycles. The fraction of sp³-hybridized carbons (Fsp3) is 1.00. The zero-order chi connectivity index (χ0) is 13.0. The van der Waals surface area contributed by atoms with Gasteiger partial charge in [0.2, 0.25) is 0 Å². The van der Waals surface area contributed by atoms with Crippen molar-refractivity contribution in [3.05, 3.63) is 0 Å². The van der Waals surface area contributed by atoms with Gasteiger partial charge >= 0.3 is 0 Å². The van der Waals surface area contributed by atoms with Crippen molar-refractivity contribution in [2.45, 2.75) is 97.4 Å². The second kappa shape index (κ2) is 11.1. The predicted molar refractivity (Wildman–Crippen MR) is 79.6 cm³/mol. The van der Waals surface area contributed by atoms with Crippen molar-refractivity contribution in [3.8, 4) is 0 Å². The van der Waals surface area contributed by atoms with Gasteiger partial charge in [0.25, 0.3) is 0 Å². The normalized spacial score (nSPS) is 12.0. The van der Waals surface area contributed by atoms with E-state index in [1.807, 2.05) is 0 Å². The summed E-state index contributed by atoms with van der Waals surface area (Å²) >= 11 is 0. The SMILES string of the molecule is CCCCCCCCCCNC(C)(CC)CC. The van der Waals surface area contributed by atoms with Crippen LogP contribution < -0.4 is 5.32 Å². The first-order valence-corrected chi connectivity index (χ1v) is 7.93. The lowest BCUT2D eigenvalue weighted by molar-refractivity contribution is 0.328. The zero-order valence-corrected chi connectivity index (χ0v) is 12.8. The topological polar surface area (TPSA) is 12.0 Å². The average Bonchev–Trinajstić information content (AvgIpc) is 2.36. The van der Waals surface area contributed by atoms with Crippen molar-refractivity contribution < 1.29 is 0 Å². The van der Waals surface area contributed by atoms with Crippen LogP contribution in [-0.4, -0.2) is 12.1 Å². The third-order valence-corrected chi connectivity index (χ3v) is 4.14. The fourth-order valence-electron chi connectivity index (χ4n) is 2.15. The van der Waals surface area contributed by atoms with E-state index in [2.05, 4.69) is 33.0 Å². The van der Waals surface area contributed by atoms with Gasteiger partial charge in [-0.25, -0.2) is 0 Å². The molecule has 0 aliphatic heterocycles. The van der Waals surface area contributed by atoms with E-state index in [9.17, 15) is 0 Å². The molecule has 1 nitrogen and oxygen atoms in total. The van der Waals surface area contributed by atoms with Gasteiger partial charge in [0.05, 0.1) is 0 Å².